The van der Waals surface area contributed by atoms with Crippen LogP contribution in [-0.4, -0.2) is 19.5 Å². The molecule has 4 heterocycles. The Balaban J connectivity index is 1.33. The molecule has 0 N–H and O–H groups in total. The first-order chi connectivity index (χ1) is 24.3. The summed E-state index contributed by atoms with van der Waals surface area (Å²) in [5.41, 5.74) is 6.84. The summed E-state index contributed by atoms with van der Waals surface area (Å²) < 4.78 is 15.7. The third kappa shape index (κ3) is 3.74. The highest BCUT2D eigenvalue weighted by atomic mass is 16.3. The molecule has 0 aliphatic carbocycles. The molecular formula is C43H24N4O2. The maximum absolute atomic E-state index is 6.83. The number of rotatable bonds is 3. The van der Waals surface area contributed by atoms with Gasteiger partial charge in [0.2, 0.25) is 5.95 Å². The number of aromatic nitrogens is 4. The van der Waals surface area contributed by atoms with Crippen molar-refractivity contribution in [3.05, 3.63) is 146 Å². The molecule has 6 heteroatoms. The van der Waals surface area contributed by atoms with Crippen molar-refractivity contribution in [3.63, 3.8) is 0 Å². The molecule has 0 bridgehead atoms. The van der Waals surface area contributed by atoms with Gasteiger partial charge in [-0.3, -0.25) is 4.57 Å². The molecule has 0 atom stereocenters. The second-order valence-electron chi connectivity index (χ2n) is 12.4. The highest BCUT2D eigenvalue weighted by Crippen LogP contribution is 2.48. The lowest BCUT2D eigenvalue weighted by Gasteiger charge is -2.11. The Morgan fingerprint density at radius 2 is 1.02 bits per heavy atom. The molecule has 7 aromatic carbocycles. The summed E-state index contributed by atoms with van der Waals surface area (Å²) in [7, 11) is 0. The summed E-state index contributed by atoms with van der Waals surface area (Å²) in [5, 5.41) is 8.41. The monoisotopic (exact) mass is 628 g/mol. The van der Waals surface area contributed by atoms with Gasteiger partial charge in [0, 0.05) is 38.1 Å². The van der Waals surface area contributed by atoms with E-state index in [2.05, 4.69) is 89.5 Å². The standard InChI is InChI=1S/C43H24N4O2/c1-2-13-26(14-3-1)41-44-42(28-23-22-25-12-4-5-15-27(25)24-28)46-43(45-41)47-32-19-9-6-16-29(32)37-38(47)40-36(31-18-8-11-21-34(31)49-40)35-30-17-7-10-20-33(30)48-39(35)37/h1-24H. The molecule has 0 saturated carbocycles. The van der Waals surface area contributed by atoms with E-state index in [1.807, 2.05) is 60.7 Å². The fraction of sp³-hybridized carbons (Fsp3) is 0. The average molecular weight is 629 g/mol. The molecule has 0 radical (unpaired) electrons. The summed E-state index contributed by atoms with van der Waals surface area (Å²) in [4.78, 5) is 15.5. The molecule has 6 nitrogen and oxygen atoms in total. The minimum Gasteiger partial charge on any atom is -0.455 e. The Bertz CT molecular complexity index is 3120. The van der Waals surface area contributed by atoms with Crippen molar-refractivity contribution in [3.8, 4) is 28.7 Å². The van der Waals surface area contributed by atoms with Gasteiger partial charge in [-0.2, -0.15) is 9.97 Å². The summed E-state index contributed by atoms with van der Waals surface area (Å²) in [6, 6.07) is 49.5. The van der Waals surface area contributed by atoms with Gasteiger partial charge < -0.3 is 8.83 Å². The van der Waals surface area contributed by atoms with Gasteiger partial charge in [0.05, 0.1) is 10.9 Å². The third-order valence-corrected chi connectivity index (χ3v) is 9.62. The zero-order valence-corrected chi connectivity index (χ0v) is 26.0. The van der Waals surface area contributed by atoms with Crippen LogP contribution in [0.5, 0.6) is 0 Å². The fourth-order valence-electron chi connectivity index (χ4n) is 7.46. The third-order valence-electron chi connectivity index (χ3n) is 9.62. The lowest BCUT2D eigenvalue weighted by atomic mass is 10.0. The number of hydrogen-bond acceptors (Lipinski definition) is 5. The molecule has 49 heavy (non-hydrogen) atoms. The van der Waals surface area contributed by atoms with Crippen LogP contribution in [0, 0.1) is 0 Å². The second kappa shape index (κ2) is 9.86. The van der Waals surface area contributed by atoms with Gasteiger partial charge in [-0.1, -0.05) is 121 Å². The minimum atomic E-state index is 0.500. The van der Waals surface area contributed by atoms with E-state index in [1.54, 1.807) is 0 Å². The van der Waals surface area contributed by atoms with Gasteiger partial charge in [-0.15, -0.1) is 0 Å². The second-order valence-corrected chi connectivity index (χ2v) is 12.4. The van der Waals surface area contributed by atoms with Crippen LogP contribution in [0.2, 0.25) is 0 Å². The van der Waals surface area contributed by atoms with E-state index >= 15 is 0 Å². The number of para-hydroxylation sites is 3. The van der Waals surface area contributed by atoms with E-state index in [1.165, 1.54) is 0 Å². The van der Waals surface area contributed by atoms with Gasteiger partial charge in [-0.25, -0.2) is 4.98 Å². The smallest absolute Gasteiger partial charge is 0.238 e. The molecule has 0 unspecified atom stereocenters. The van der Waals surface area contributed by atoms with Crippen LogP contribution < -0.4 is 0 Å². The van der Waals surface area contributed by atoms with Gasteiger partial charge in [0.15, 0.2) is 17.2 Å². The largest absolute Gasteiger partial charge is 0.455 e. The first-order valence-electron chi connectivity index (χ1n) is 16.3. The molecule has 0 amide bonds. The van der Waals surface area contributed by atoms with Crippen LogP contribution in [-0.2, 0) is 0 Å². The van der Waals surface area contributed by atoms with E-state index in [9.17, 15) is 0 Å². The summed E-state index contributed by atoms with van der Waals surface area (Å²) in [6.45, 7) is 0. The van der Waals surface area contributed by atoms with Crippen LogP contribution >= 0.6 is 0 Å². The molecule has 11 rings (SSSR count). The van der Waals surface area contributed by atoms with Crippen LogP contribution in [0.3, 0.4) is 0 Å². The van der Waals surface area contributed by atoms with Crippen molar-refractivity contribution < 1.29 is 8.83 Å². The number of hydrogen-bond donors (Lipinski definition) is 0. The first-order valence-corrected chi connectivity index (χ1v) is 16.3. The minimum absolute atomic E-state index is 0.500. The van der Waals surface area contributed by atoms with Crippen LogP contribution in [0.25, 0.3) is 105 Å². The van der Waals surface area contributed by atoms with Crippen molar-refractivity contribution in [1.82, 2.24) is 19.5 Å². The van der Waals surface area contributed by atoms with Crippen LogP contribution in [0.4, 0.5) is 0 Å². The van der Waals surface area contributed by atoms with Crippen LogP contribution in [0.15, 0.2) is 154 Å². The lowest BCUT2D eigenvalue weighted by molar-refractivity contribution is 0.667. The van der Waals surface area contributed by atoms with Crippen molar-refractivity contribution in [2.75, 3.05) is 0 Å². The number of benzene rings is 7. The normalized spacial score (nSPS) is 12.1. The molecule has 0 spiro atoms. The molecule has 4 aromatic heterocycles. The van der Waals surface area contributed by atoms with E-state index in [0.717, 1.165) is 87.6 Å². The van der Waals surface area contributed by atoms with Crippen molar-refractivity contribution in [2.45, 2.75) is 0 Å². The number of furan rings is 2. The zero-order valence-electron chi connectivity index (χ0n) is 26.0. The zero-order chi connectivity index (χ0) is 32.1. The predicted molar refractivity (Wildman–Crippen MR) is 197 cm³/mol. The number of fused-ring (bicyclic) bond motifs is 13. The van der Waals surface area contributed by atoms with Crippen LogP contribution in [0.1, 0.15) is 0 Å². The van der Waals surface area contributed by atoms with Gasteiger partial charge >= 0.3 is 0 Å². The molecular weight excluding hydrogens is 604 g/mol. The van der Waals surface area contributed by atoms with E-state index in [4.69, 9.17) is 23.8 Å². The molecule has 11 aromatic rings. The molecule has 0 aliphatic rings. The Hall–Kier alpha value is -6.79. The van der Waals surface area contributed by atoms with Crippen molar-refractivity contribution in [2.24, 2.45) is 0 Å². The molecule has 228 valence electrons. The first kappa shape index (κ1) is 26.3. The molecule has 0 aliphatic heterocycles. The SMILES string of the molecule is c1ccc(-c2nc(-c3ccc4ccccc4c3)nc(-n3c4ccccc4c4c5oc6ccccc6c5c5c6ccccc6oc5c43)n2)cc1. The van der Waals surface area contributed by atoms with E-state index in [0.29, 0.717) is 17.6 Å². The van der Waals surface area contributed by atoms with Gasteiger partial charge in [-0.05, 0) is 35.0 Å². The van der Waals surface area contributed by atoms with Crippen molar-refractivity contribution >= 4 is 76.5 Å². The van der Waals surface area contributed by atoms with Crippen molar-refractivity contribution in [1.29, 1.82) is 0 Å². The Kier molecular flexibility index (Phi) is 5.29. The van der Waals surface area contributed by atoms with E-state index < -0.39 is 0 Å². The fourth-order valence-corrected chi connectivity index (χ4v) is 7.46. The Morgan fingerprint density at radius 3 is 1.80 bits per heavy atom. The Morgan fingerprint density at radius 1 is 0.429 bits per heavy atom. The number of nitrogens with zero attached hydrogens (tertiary/aromatic N) is 4. The summed E-state index contributed by atoms with van der Waals surface area (Å²) in [5.74, 6) is 1.68. The molecule has 0 saturated heterocycles. The summed E-state index contributed by atoms with van der Waals surface area (Å²) in [6.07, 6.45) is 0. The van der Waals surface area contributed by atoms with Gasteiger partial charge in [0.25, 0.3) is 0 Å². The highest BCUT2D eigenvalue weighted by molar-refractivity contribution is 6.38. The predicted octanol–water partition coefficient (Wildman–Crippen LogP) is 11.3. The van der Waals surface area contributed by atoms with E-state index in [-0.39, 0.29) is 0 Å². The average Bonchev–Trinajstić information content (AvgIpc) is 3.84. The topological polar surface area (TPSA) is 69.9 Å². The van der Waals surface area contributed by atoms with Gasteiger partial charge in [0.1, 0.15) is 22.3 Å². The Labute approximate surface area is 278 Å². The maximum atomic E-state index is 6.83. The lowest BCUT2D eigenvalue weighted by Crippen LogP contribution is -2.06. The summed E-state index contributed by atoms with van der Waals surface area (Å²) >= 11 is 0. The maximum Gasteiger partial charge on any atom is 0.238 e. The highest BCUT2D eigenvalue weighted by Gasteiger charge is 2.27. The molecule has 0 fully saturated rings. The quantitative estimate of drug-likeness (QED) is 0.195.